The summed E-state index contributed by atoms with van der Waals surface area (Å²) in [7, 11) is 1.84. The van der Waals surface area contributed by atoms with E-state index < -0.39 is 5.97 Å². The van der Waals surface area contributed by atoms with Gasteiger partial charge in [-0.2, -0.15) is 0 Å². The number of rotatable bonds is 6. The molecule has 0 fully saturated rings. The van der Waals surface area contributed by atoms with Gasteiger partial charge in [0.2, 0.25) is 0 Å². The molecule has 0 aromatic heterocycles. The molecule has 0 saturated carbocycles. The molecule has 0 heterocycles. The Labute approximate surface area is 73.1 Å². The van der Waals surface area contributed by atoms with Crippen LogP contribution in [0.5, 0.6) is 0 Å². The Morgan fingerprint density at radius 1 is 1.67 bits per heavy atom. The van der Waals surface area contributed by atoms with Crippen LogP contribution in [0.15, 0.2) is 0 Å². The summed E-state index contributed by atoms with van der Waals surface area (Å²) in [5.41, 5.74) is 5.71. The van der Waals surface area contributed by atoms with E-state index in [2.05, 4.69) is 5.32 Å². The van der Waals surface area contributed by atoms with Crippen molar-refractivity contribution in [2.75, 3.05) is 13.6 Å². The number of nitrogens with two attached hydrogens (primary N) is 1. The summed E-state index contributed by atoms with van der Waals surface area (Å²) in [4.78, 5) is 10.3. The van der Waals surface area contributed by atoms with Crippen molar-refractivity contribution in [3.05, 3.63) is 0 Å². The Morgan fingerprint density at radius 2 is 2.25 bits per heavy atom. The van der Waals surface area contributed by atoms with Crippen LogP contribution in [0.3, 0.4) is 0 Å². The summed E-state index contributed by atoms with van der Waals surface area (Å²) in [5.74, 6) is -0.593. The molecular weight excluding hydrogens is 156 g/mol. The molecule has 0 aromatic rings. The number of aliphatic carboxylic acids is 1. The highest BCUT2D eigenvalue weighted by molar-refractivity contribution is 5.66. The molecule has 4 heteroatoms. The van der Waals surface area contributed by atoms with Crippen LogP contribution in [-0.4, -0.2) is 30.7 Å². The van der Waals surface area contributed by atoms with E-state index in [1.165, 1.54) is 0 Å². The smallest absolute Gasteiger partial charge is 0.303 e. The molecule has 0 aliphatic heterocycles. The molecule has 4 nitrogen and oxygen atoms in total. The van der Waals surface area contributed by atoms with E-state index in [0.29, 0.717) is 0 Å². The minimum Gasteiger partial charge on any atom is -0.481 e. The second-order valence-electron chi connectivity index (χ2n) is 3.26. The Hall–Kier alpha value is -0.610. The molecule has 0 amide bonds. The predicted octanol–water partition coefficient (Wildman–Crippen LogP) is 0.0340. The van der Waals surface area contributed by atoms with Crippen molar-refractivity contribution in [1.29, 1.82) is 0 Å². The largest absolute Gasteiger partial charge is 0.481 e. The van der Waals surface area contributed by atoms with Crippen LogP contribution in [0.25, 0.3) is 0 Å². The topological polar surface area (TPSA) is 75.3 Å². The second kappa shape index (κ2) is 5.97. The van der Waals surface area contributed by atoms with Crippen molar-refractivity contribution < 1.29 is 9.90 Å². The number of carboxylic acid groups (broad SMARTS) is 1. The van der Waals surface area contributed by atoms with Gasteiger partial charge < -0.3 is 16.2 Å². The summed E-state index contributed by atoms with van der Waals surface area (Å²) in [6.07, 6.45) is 0.963. The standard InChI is InChI=1S/C8H18N2O2/c1-6(4-8(11)12)3-7(9)5-10-2/h6-7,10H,3-5,9H2,1-2H3,(H,11,12)/t6-,7+/m0/s1. The van der Waals surface area contributed by atoms with Gasteiger partial charge in [0.1, 0.15) is 0 Å². The first kappa shape index (κ1) is 11.4. The van der Waals surface area contributed by atoms with Crippen molar-refractivity contribution in [3.8, 4) is 0 Å². The van der Waals surface area contributed by atoms with Crippen molar-refractivity contribution >= 4 is 5.97 Å². The monoisotopic (exact) mass is 174 g/mol. The number of likely N-dealkylation sites (N-methyl/N-ethyl adjacent to an activating group) is 1. The lowest BCUT2D eigenvalue weighted by Crippen LogP contribution is -2.33. The quantitative estimate of drug-likeness (QED) is 0.531. The molecule has 0 rings (SSSR count). The lowest BCUT2D eigenvalue weighted by Gasteiger charge is -2.14. The molecule has 4 N–H and O–H groups in total. The SMILES string of the molecule is CNC[C@H](N)C[C@H](C)CC(=O)O. The van der Waals surface area contributed by atoms with Gasteiger partial charge >= 0.3 is 5.97 Å². The van der Waals surface area contributed by atoms with Crippen LogP contribution in [0.1, 0.15) is 19.8 Å². The van der Waals surface area contributed by atoms with Crippen molar-refractivity contribution in [2.24, 2.45) is 11.7 Å². The lowest BCUT2D eigenvalue weighted by atomic mass is 9.99. The van der Waals surface area contributed by atoms with E-state index in [-0.39, 0.29) is 18.4 Å². The van der Waals surface area contributed by atoms with E-state index >= 15 is 0 Å². The van der Waals surface area contributed by atoms with Crippen LogP contribution >= 0.6 is 0 Å². The molecule has 0 aliphatic rings. The van der Waals surface area contributed by atoms with Gasteiger partial charge in [-0.25, -0.2) is 0 Å². The van der Waals surface area contributed by atoms with Crippen molar-refractivity contribution in [1.82, 2.24) is 5.32 Å². The molecule has 0 unspecified atom stereocenters. The van der Waals surface area contributed by atoms with Gasteiger partial charge in [-0.15, -0.1) is 0 Å². The predicted molar refractivity (Wildman–Crippen MR) is 47.9 cm³/mol. The maximum absolute atomic E-state index is 10.3. The number of carbonyl (C=O) groups is 1. The van der Waals surface area contributed by atoms with E-state index in [1.54, 1.807) is 0 Å². The van der Waals surface area contributed by atoms with Crippen molar-refractivity contribution in [3.63, 3.8) is 0 Å². The van der Waals surface area contributed by atoms with Crippen LogP contribution < -0.4 is 11.1 Å². The molecule has 0 bridgehead atoms. The average molecular weight is 174 g/mol. The van der Waals surface area contributed by atoms with Gasteiger partial charge in [-0.3, -0.25) is 4.79 Å². The zero-order valence-corrected chi connectivity index (χ0v) is 7.71. The lowest BCUT2D eigenvalue weighted by molar-refractivity contribution is -0.138. The molecule has 2 atom stereocenters. The maximum atomic E-state index is 10.3. The third-order valence-corrected chi connectivity index (χ3v) is 1.69. The minimum atomic E-state index is -0.751. The number of carboxylic acids is 1. The van der Waals surface area contributed by atoms with E-state index in [0.717, 1.165) is 13.0 Å². The summed E-state index contributed by atoms with van der Waals surface area (Å²) >= 11 is 0. The molecular formula is C8H18N2O2. The summed E-state index contributed by atoms with van der Waals surface area (Å²) < 4.78 is 0. The normalized spacial score (nSPS) is 15.6. The fourth-order valence-corrected chi connectivity index (χ4v) is 1.24. The molecule has 72 valence electrons. The Bertz CT molecular complexity index is 139. The van der Waals surface area contributed by atoms with Crippen molar-refractivity contribution in [2.45, 2.75) is 25.8 Å². The third-order valence-electron chi connectivity index (χ3n) is 1.69. The van der Waals surface area contributed by atoms with Gasteiger partial charge in [0, 0.05) is 19.0 Å². The number of nitrogens with one attached hydrogen (secondary N) is 1. The highest BCUT2D eigenvalue weighted by Gasteiger charge is 2.11. The number of hydrogen-bond donors (Lipinski definition) is 3. The fraction of sp³-hybridized carbons (Fsp3) is 0.875. The Morgan fingerprint density at radius 3 is 2.67 bits per heavy atom. The van der Waals surface area contributed by atoms with Gasteiger partial charge in [-0.1, -0.05) is 6.92 Å². The van der Waals surface area contributed by atoms with Crippen LogP contribution in [-0.2, 0) is 4.79 Å². The maximum Gasteiger partial charge on any atom is 0.303 e. The Kier molecular flexibility index (Phi) is 5.66. The van der Waals surface area contributed by atoms with E-state index in [1.807, 2.05) is 14.0 Å². The summed E-state index contributed by atoms with van der Waals surface area (Å²) in [5, 5.41) is 11.4. The third kappa shape index (κ3) is 6.12. The van der Waals surface area contributed by atoms with Crippen LogP contribution in [0.4, 0.5) is 0 Å². The number of hydrogen-bond acceptors (Lipinski definition) is 3. The first-order chi connectivity index (χ1) is 5.56. The molecule has 0 spiro atoms. The zero-order chi connectivity index (χ0) is 9.56. The first-order valence-electron chi connectivity index (χ1n) is 4.18. The summed E-state index contributed by atoms with van der Waals surface area (Å²) in [6, 6.07) is 0.0596. The van der Waals surface area contributed by atoms with Crippen LogP contribution in [0.2, 0.25) is 0 Å². The first-order valence-corrected chi connectivity index (χ1v) is 4.18. The second-order valence-corrected chi connectivity index (χ2v) is 3.26. The van der Waals surface area contributed by atoms with E-state index in [4.69, 9.17) is 10.8 Å². The van der Waals surface area contributed by atoms with Gasteiger partial charge in [0.25, 0.3) is 0 Å². The molecule has 0 saturated heterocycles. The molecule has 0 radical (unpaired) electrons. The Balaban J connectivity index is 3.53. The van der Waals surface area contributed by atoms with Gasteiger partial charge in [0.15, 0.2) is 0 Å². The van der Waals surface area contributed by atoms with E-state index in [9.17, 15) is 4.79 Å². The minimum absolute atomic E-state index is 0.0596. The van der Waals surface area contributed by atoms with Gasteiger partial charge in [-0.05, 0) is 19.4 Å². The molecule has 0 aliphatic carbocycles. The summed E-state index contributed by atoms with van der Waals surface area (Å²) in [6.45, 7) is 2.65. The average Bonchev–Trinajstić information content (AvgIpc) is 1.84. The van der Waals surface area contributed by atoms with Gasteiger partial charge in [0.05, 0.1) is 0 Å². The molecule has 12 heavy (non-hydrogen) atoms. The van der Waals surface area contributed by atoms with Crippen LogP contribution in [0, 0.1) is 5.92 Å². The fourth-order valence-electron chi connectivity index (χ4n) is 1.24. The highest BCUT2D eigenvalue weighted by atomic mass is 16.4. The highest BCUT2D eigenvalue weighted by Crippen LogP contribution is 2.08. The zero-order valence-electron chi connectivity index (χ0n) is 7.71. The molecule has 0 aromatic carbocycles.